The molecule has 0 aliphatic rings. The van der Waals surface area contributed by atoms with Crippen LogP contribution < -0.4 is 10.5 Å². The molecule has 6 nitrogen and oxygen atoms in total. The highest BCUT2D eigenvalue weighted by atomic mass is 16.5. The van der Waals surface area contributed by atoms with Crippen molar-refractivity contribution in [1.82, 2.24) is 9.97 Å². The molecule has 1 unspecified atom stereocenters. The minimum atomic E-state index is -0.963. The fourth-order valence-electron chi connectivity index (χ4n) is 0.916. The fraction of sp³-hybridized carbons (Fsp3) is 0.375. The number of nitrogens with zero attached hydrogens (tertiary/aromatic N) is 2. The SMILES string of the molecule is COc1cnc(C(N)CC(=O)O)cn1. The molecule has 0 saturated carbocycles. The average Bonchev–Trinajstić information content (AvgIpc) is 2.17. The molecule has 0 aromatic carbocycles. The van der Waals surface area contributed by atoms with Crippen molar-refractivity contribution in [3.63, 3.8) is 0 Å². The lowest BCUT2D eigenvalue weighted by Crippen LogP contribution is -2.16. The molecule has 0 spiro atoms. The topological polar surface area (TPSA) is 98.3 Å². The van der Waals surface area contributed by atoms with E-state index >= 15 is 0 Å². The van der Waals surface area contributed by atoms with E-state index in [1.165, 1.54) is 19.5 Å². The maximum Gasteiger partial charge on any atom is 0.305 e. The molecule has 1 heterocycles. The molecule has 0 fully saturated rings. The van der Waals surface area contributed by atoms with Gasteiger partial charge in [-0.3, -0.25) is 9.78 Å². The summed E-state index contributed by atoms with van der Waals surface area (Å²) < 4.78 is 4.80. The molecule has 6 heteroatoms. The maximum atomic E-state index is 10.4. The van der Waals surface area contributed by atoms with E-state index in [0.717, 1.165) is 0 Å². The molecular formula is C8H11N3O3. The van der Waals surface area contributed by atoms with E-state index in [9.17, 15) is 4.79 Å². The lowest BCUT2D eigenvalue weighted by molar-refractivity contribution is -0.137. The van der Waals surface area contributed by atoms with Gasteiger partial charge in [-0.25, -0.2) is 4.98 Å². The summed E-state index contributed by atoms with van der Waals surface area (Å²) in [4.78, 5) is 18.1. The Balaban J connectivity index is 2.71. The zero-order chi connectivity index (χ0) is 10.6. The van der Waals surface area contributed by atoms with Crippen LogP contribution in [0.15, 0.2) is 12.4 Å². The molecule has 0 aliphatic carbocycles. The molecule has 76 valence electrons. The van der Waals surface area contributed by atoms with Crippen molar-refractivity contribution in [3.8, 4) is 5.88 Å². The number of aromatic nitrogens is 2. The Labute approximate surface area is 80.7 Å². The summed E-state index contributed by atoms with van der Waals surface area (Å²) in [7, 11) is 1.47. The third-order valence-corrected chi connectivity index (χ3v) is 1.63. The van der Waals surface area contributed by atoms with Crippen molar-refractivity contribution in [2.45, 2.75) is 12.5 Å². The molecule has 1 atom stereocenters. The van der Waals surface area contributed by atoms with Crippen molar-refractivity contribution in [3.05, 3.63) is 18.1 Å². The van der Waals surface area contributed by atoms with Gasteiger partial charge in [-0.15, -0.1) is 0 Å². The first-order chi connectivity index (χ1) is 6.63. The molecule has 0 aliphatic heterocycles. The molecular weight excluding hydrogens is 186 g/mol. The van der Waals surface area contributed by atoms with Gasteiger partial charge in [-0.1, -0.05) is 0 Å². The summed E-state index contributed by atoms with van der Waals surface area (Å²) in [5.74, 6) is -0.591. The molecule has 1 aromatic rings. The summed E-state index contributed by atoms with van der Waals surface area (Å²) in [5.41, 5.74) is 6.00. The monoisotopic (exact) mass is 197 g/mol. The second kappa shape index (κ2) is 4.52. The van der Waals surface area contributed by atoms with Gasteiger partial charge in [-0.05, 0) is 0 Å². The predicted octanol–water partition coefficient (Wildman–Crippen LogP) is -0.0403. The van der Waals surface area contributed by atoms with Crippen molar-refractivity contribution in [2.24, 2.45) is 5.73 Å². The second-order valence-corrected chi connectivity index (χ2v) is 2.69. The number of carboxylic acids is 1. The smallest absolute Gasteiger partial charge is 0.305 e. The zero-order valence-electron chi connectivity index (χ0n) is 7.67. The van der Waals surface area contributed by atoms with Gasteiger partial charge in [0.25, 0.3) is 0 Å². The van der Waals surface area contributed by atoms with Crippen molar-refractivity contribution in [1.29, 1.82) is 0 Å². The van der Waals surface area contributed by atoms with Crippen LogP contribution in [0.5, 0.6) is 5.88 Å². The normalized spacial score (nSPS) is 12.1. The second-order valence-electron chi connectivity index (χ2n) is 2.69. The van der Waals surface area contributed by atoms with Crippen LogP contribution in [0.1, 0.15) is 18.2 Å². The van der Waals surface area contributed by atoms with Crippen LogP contribution in [-0.4, -0.2) is 28.2 Å². The van der Waals surface area contributed by atoms with Gasteiger partial charge in [-0.2, -0.15) is 0 Å². The lowest BCUT2D eigenvalue weighted by Gasteiger charge is -2.07. The highest BCUT2D eigenvalue weighted by Crippen LogP contribution is 2.11. The van der Waals surface area contributed by atoms with Crippen molar-refractivity contribution < 1.29 is 14.6 Å². The van der Waals surface area contributed by atoms with Crippen molar-refractivity contribution in [2.75, 3.05) is 7.11 Å². The van der Waals surface area contributed by atoms with Crippen LogP contribution in [0.4, 0.5) is 0 Å². The van der Waals surface area contributed by atoms with E-state index < -0.39 is 12.0 Å². The number of hydrogen-bond donors (Lipinski definition) is 2. The van der Waals surface area contributed by atoms with Gasteiger partial charge in [0.1, 0.15) is 0 Å². The van der Waals surface area contributed by atoms with Crippen LogP contribution in [0.2, 0.25) is 0 Å². The van der Waals surface area contributed by atoms with Crippen LogP contribution >= 0.6 is 0 Å². The molecule has 0 radical (unpaired) electrons. The van der Waals surface area contributed by atoms with E-state index in [0.29, 0.717) is 11.6 Å². The highest BCUT2D eigenvalue weighted by Gasteiger charge is 2.12. The van der Waals surface area contributed by atoms with Gasteiger partial charge < -0.3 is 15.6 Å². The number of methoxy groups -OCH3 is 1. The lowest BCUT2D eigenvalue weighted by atomic mass is 10.1. The summed E-state index contributed by atoms with van der Waals surface area (Å²) in [6, 6.07) is -0.633. The fourth-order valence-corrected chi connectivity index (χ4v) is 0.916. The zero-order valence-corrected chi connectivity index (χ0v) is 7.67. The number of carboxylic acid groups (broad SMARTS) is 1. The van der Waals surface area contributed by atoms with Crippen LogP contribution in [0.25, 0.3) is 0 Å². The third kappa shape index (κ3) is 2.67. The first kappa shape index (κ1) is 10.4. The minimum Gasteiger partial charge on any atom is -0.481 e. The van der Waals surface area contributed by atoms with Crippen LogP contribution in [-0.2, 0) is 4.79 Å². The number of hydrogen-bond acceptors (Lipinski definition) is 5. The van der Waals surface area contributed by atoms with Gasteiger partial charge in [0.2, 0.25) is 5.88 Å². The Morgan fingerprint density at radius 1 is 1.64 bits per heavy atom. The minimum absolute atomic E-state index is 0.166. The number of aliphatic carboxylic acids is 1. The predicted molar refractivity (Wildman–Crippen MR) is 47.8 cm³/mol. The van der Waals surface area contributed by atoms with Gasteiger partial charge in [0.15, 0.2) is 0 Å². The summed E-state index contributed by atoms with van der Waals surface area (Å²) in [6.07, 6.45) is 2.64. The Hall–Kier alpha value is -1.69. The first-order valence-corrected chi connectivity index (χ1v) is 3.96. The highest BCUT2D eigenvalue weighted by molar-refractivity contribution is 5.67. The van der Waals surface area contributed by atoms with Crippen LogP contribution in [0, 0.1) is 0 Å². The van der Waals surface area contributed by atoms with Crippen LogP contribution in [0.3, 0.4) is 0 Å². The standard InChI is InChI=1S/C8H11N3O3/c1-14-7-4-10-6(3-11-7)5(9)2-8(12)13/h3-5H,2,9H2,1H3,(H,12,13). The Morgan fingerprint density at radius 3 is 2.79 bits per heavy atom. The Kier molecular flexibility index (Phi) is 3.35. The Morgan fingerprint density at radius 2 is 2.36 bits per heavy atom. The summed E-state index contributed by atoms with van der Waals surface area (Å²) in [5, 5.41) is 8.49. The molecule has 1 aromatic heterocycles. The number of carbonyl (C=O) groups is 1. The molecule has 0 bridgehead atoms. The first-order valence-electron chi connectivity index (χ1n) is 3.96. The van der Waals surface area contributed by atoms with E-state index in [-0.39, 0.29) is 6.42 Å². The van der Waals surface area contributed by atoms with Gasteiger partial charge in [0.05, 0.1) is 37.7 Å². The number of rotatable bonds is 4. The largest absolute Gasteiger partial charge is 0.481 e. The Bertz CT molecular complexity index is 312. The maximum absolute atomic E-state index is 10.4. The number of ether oxygens (including phenoxy) is 1. The summed E-state index contributed by atoms with van der Waals surface area (Å²) in [6.45, 7) is 0. The quantitative estimate of drug-likeness (QED) is 0.702. The van der Waals surface area contributed by atoms with E-state index in [4.69, 9.17) is 15.6 Å². The molecule has 0 saturated heterocycles. The van der Waals surface area contributed by atoms with Crippen molar-refractivity contribution >= 4 is 5.97 Å². The third-order valence-electron chi connectivity index (χ3n) is 1.63. The van der Waals surface area contributed by atoms with E-state index in [1.54, 1.807) is 0 Å². The van der Waals surface area contributed by atoms with Gasteiger partial charge >= 0.3 is 5.97 Å². The molecule has 1 rings (SSSR count). The number of nitrogens with two attached hydrogens (primary N) is 1. The van der Waals surface area contributed by atoms with E-state index in [2.05, 4.69) is 9.97 Å². The molecule has 14 heavy (non-hydrogen) atoms. The summed E-state index contributed by atoms with van der Waals surface area (Å²) >= 11 is 0. The average molecular weight is 197 g/mol. The van der Waals surface area contributed by atoms with E-state index in [1.807, 2.05) is 0 Å². The van der Waals surface area contributed by atoms with Gasteiger partial charge in [0, 0.05) is 0 Å². The molecule has 3 N–H and O–H groups in total. The molecule has 0 amide bonds.